The van der Waals surface area contributed by atoms with Crippen molar-refractivity contribution < 1.29 is 4.74 Å². The van der Waals surface area contributed by atoms with E-state index < -0.39 is 0 Å². The number of aliphatic imine (C=N–C) groups is 1. The Hall–Kier alpha value is -1.55. The number of benzene rings is 1. The van der Waals surface area contributed by atoms with Gasteiger partial charge in [0.25, 0.3) is 0 Å². The van der Waals surface area contributed by atoms with Gasteiger partial charge in [0.15, 0.2) is 5.96 Å². The number of likely N-dealkylation sites (tertiary alicyclic amines) is 1. The molecule has 0 bridgehead atoms. The summed E-state index contributed by atoms with van der Waals surface area (Å²) in [7, 11) is 1.74. The summed E-state index contributed by atoms with van der Waals surface area (Å²) in [4.78, 5) is 7.37. The van der Waals surface area contributed by atoms with E-state index in [0.717, 1.165) is 19.0 Å². The molecular weight excluding hydrogens is 286 g/mol. The normalized spacial score (nSPS) is 19.9. The molecule has 2 aliphatic rings. The average molecular weight is 315 g/mol. The summed E-state index contributed by atoms with van der Waals surface area (Å²) in [6.45, 7) is 6.75. The van der Waals surface area contributed by atoms with Crippen LogP contribution in [0.25, 0.3) is 0 Å². The minimum atomic E-state index is 0.601. The van der Waals surface area contributed by atoms with E-state index in [-0.39, 0.29) is 0 Å². The maximum atomic E-state index is 5.30. The van der Waals surface area contributed by atoms with Crippen LogP contribution in [0.15, 0.2) is 29.3 Å². The van der Waals surface area contributed by atoms with Crippen LogP contribution in [-0.2, 0) is 17.9 Å². The van der Waals surface area contributed by atoms with Crippen LogP contribution in [0.2, 0.25) is 0 Å². The van der Waals surface area contributed by atoms with Crippen LogP contribution >= 0.6 is 0 Å². The first-order valence-corrected chi connectivity index (χ1v) is 8.85. The van der Waals surface area contributed by atoms with E-state index in [1.807, 2.05) is 0 Å². The Balaban J connectivity index is 1.70. The van der Waals surface area contributed by atoms with Crippen molar-refractivity contribution in [3.8, 4) is 0 Å². The van der Waals surface area contributed by atoms with Crippen molar-refractivity contribution in [2.24, 2.45) is 10.4 Å². The van der Waals surface area contributed by atoms with Gasteiger partial charge in [-0.25, -0.2) is 4.99 Å². The van der Waals surface area contributed by atoms with Crippen molar-refractivity contribution in [2.75, 3.05) is 26.7 Å². The van der Waals surface area contributed by atoms with Gasteiger partial charge in [-0.3, -0.25) is 0 Å². The van der Waals surface area contributed by atoms with Gasteiger partial charge >= 0.3 is 0 Å². The molecule has 2 fully saturated rings. The molecule has 0 amide bonds. The number of methoxy groups -OCH3 is 1. The fraction of sp³-hybridized carbons (Fsp3) is 0.632. The highest BCUT2D eigenvalue weighted by Gasteiger charge is 2.43. The molecule has 0 atom stereocenters. The Kier molecular flexibility index (Phi) is 5.21. The zero-order valence-electron chi connectivity index (χ0n) is 14.5. The smallest absolute Gasteiger partial charge is 0.194 e. The van der Waals surface area contributed by atoms with Crippen LogP contribution < -0.4 is 5.32 Å². The third-order valence-electron chi connectivity index (χ3n) is 5.30. The zero-order valence-corrected chi connectivity index (χ0v) is 14.5. The van der Waals surface area contributed by atoms with Gasteiger partial charge in [0.2, 0.25) is 0 Å². The molecule has 126 valence electrons. The molecule has 1 N–H and O–H groups in total. The van der Waals surface area contributed by atoms with Crippen molar-refractivity contribution in [3.05, 3.63) is 35.4 Å². The molecule has 1 saturated carbocycles. The highest BCUT2D eigenvalue weighted by Crippen LogP contribution is 2.47. The Bertz CT molecular complexity index is 551. The highest BCUT2D eigenvalue weighted by molar-refractivity contribution is 5.80. The molecule has 1 spiro atoms. The topological polar surface area (TPSA) is 36.9 Å². The summed E-state index contributed by atoms with van der Waals surface area (Å²) < 4.78 is 5.30. The van der Waals surface area contributed by atoms with E-state index in [1.54, 1.807) is 7.11 Å². The lowest BCUT2D eigenvalue weighted by molar-refractivity contribution is 0.151. The van der Waals surface area contributed by atoms with Crippen LogP contribution in [0.3, 0.4) is 0 Å². The lowest BCUT2D eigenvalue weighted by Crippen LogP contribution is -2.42. The van der Waals surface area contributed by atoms with Gasteiger partial charge in [-0.05, 0) is 42.7 Å². The van der Waals surface area contributed by atoms with E-state index in [1.165, 1.54) is 43.4 Å². The van der Waals surface area contributed by atoms with Crippen LogP contribution in [0.1, 0.15) is 43.7 Å². The lowest BCUT2D eigenvalue weighted by Gasteiger charge is -2.38. The van der Waals surface area contributed by atoms with E-state index in [4.69, 9.17) is 9.73 Å². The Morgan fingerprint density at radius 1 is 1.26 bits per heavy atom. The van der Waals surface area contributed by atoms with Gasteiger partial charge < -0.3 is 15.0 Å². The van der Waals surface area contributed by atoms with Crippen LogP contribution in [0.5, 0.6) is 0 Å². The molecule has 1 heterocycles. The average Bonchev–Trinajstić information content (AvgIpc) is 2.99. The van der Waals surface area contributed by atoms with Crippen LogP contribution in [0, 0.1) is 5.41 Å². The Morgan fingerprint density at radius 3 is 2.65 bits per heavy atom. The minimum Gasteiger partial charge on any atom is -0.380 e. The first kappa shape index (κ1) is 16.3. The molecule has 3 rings (SSSR count). The quantitative estimate of drug-likeness (QED) is 0.670. The Labute approximate surface area is 139 Å². The maximum Gasteiger partial charge on any atom is 0.194 e. The second-order valence-electron chi connectivity index (χ2n) is 6.90. The molecule has 1 aliphatic heterocycles. The third kappa shape index (κ3) is 3.69. The SMILES string of the molecule is CCNC(=NCc1ccccc1COC)N1CCC2(CCC2)C1. The van der Waals surface area contributed by atoms with Gasteiger partial charge in [-0.15, -0.1) is 0 Å². The number of nitrogens with one attached hydrogen (secondary N) is 1. The van der Waals surface area contributed by atoms with Gasteiger partial charge in [-0.2, -0.15) is 0 Å². The van der Waals surface area contributed by atoms with Crippen molar-refractivity contribution in [3.63, 3.8) is 0 Å². The molecule has 1 aromatic rings. The molecule has 1 aromatic carbocycles. The molecule has 4 nitrogen and oxygen atoms in total. The maximum absolute atomic E-state index is 5.30. The molecule has 0 unspecified atom stereocenters. The molecular formula is C19H29N3O. The number of ether oxygens (including phenoxy) is 1. The molecule has 23 heavy (non-hydrogen) atoms. The summed E-state index contributed by atoms with van der Waals surface area (Å²) in [5.74, 6) is 1.07. The van der Waals surface area contributed by atoms with Crippen LogP contribution in [-0.4, -0.2) is 37.6 Å². The van der Waals surface area contributed by atoms with Crippen LogP contribution in [0.4, 0.5) is 0 Å². The molecule has 1 aliphatic carbocycles. The number of hydrogen-bond donors (Lipinski definition) is 1. The van der Waals surface area contributed by atoms with Crippen molar-refractivity contribution in [1.82, 2.24) is 10.2 Å². The second kappa shape index (κ2) is 7.35. The van der Waals surface area contributed by atoms with E-state index in [0.29, 0.717) is 18.6 Å². The predicted molar refractivity (Wildman–Crippen MR) is 94.4 cm³/mol. The van der Waals surface area contributed by atoms with Gasteiger partial charge in [-0.1, -0.05) is 30.7 Å². The highest BCUT2D eigenvalue weighted by atomic mass is 16.5. The summed E-state index contributed by atoms with van der Waals surface area (Å²) in [6.07, 6.45) is 5.54. The molecule has 0 aromatic heterocycles. The van der Waals surface area contributed by atoms with Crippen molar-refractivity contribution in [1.29, 1.82) is 0 Å². The monoisotopic (exact) mass is 315 g/mol. The fourth-order valence-electron chi connectivity index (χ4n) is 3.79. The number of guanidine groups is 1. The van der Waals surface area contributed by atoms with E-state index in [9.17, 15) is 0 Å². The fourth-order valence-corrected chi connectivity index (χ4v) is 3.79. The summed E-state index contributed by atoms with van der Waals surface area (Å²) in [6, 6.07) is 8.42. The van der Waals surface area contributed by atoms with Gasteiger partial charge in [0.05, 0.1) is 13.2 Å². The van der Waals surface area contributed by atoms with Gasteiger partial charge in [0, 0.05) is 26.7 Å². The first-order chi connectivity index (χ1) is 11.3. The number of nitrogens with zero attached hydrogens (tertiary/aromatic N) is 2. The van der Waals surface area contributed by atoms with Crippen molar-refractivity contribution in [2.45, 2.75) is 45.8 Å². The lowest BCUT2D eigenvalue weighted by atomic mass is 9.68. The second-order valence-corrected chi connectivity index (χ2v) is 6.90. The predicted octanol–water partition coefficient (Wildman–Crippen LogP) is 3.17. The largest absolute Gasteiger partial charge is 0.380 e. The van der Waals surface area contributed by atoms with E-state index >= 15 is 0 Å². The summed E-state index contributed by atoms with van der Waals surface area (Å²) in [5.41, 5.74) is 3.08. The standard InChI is InChI=1S/C19H29N3O/c1-3-20-18(22-12-11-19(15-22)9-6-10-19)21-13-16-7-4-5-8-17(16)14-23-2/h4-5,7-8H,3,6,9-15H2,1-2H3,(H,20,21). The Morgan fingerprint density at radius 2 is 2.04 bits per heavy atom. The minimum absolute atomic E-state index is 0.601. The molecule has 0 radical (unpaired) electrons. The number of rotatable bonds is 5. The number of hydrogen-bond acceptors (Lipinski definition) is 2. The third-order valence-corrected chi connectivity index (χ3v) is 5.30. The van der Waals surface area contributed by atoms with Crippen molar-refractivity contribution >= 4 is 5.96 Å². The van der Waals surface area contributed by atoms with E-state index in [2.05, 4.69) is 41.4 Å². The molecule has 1 saturated heterocycles. The summed E-state index contributed by atoms with van der Waals surface area (Å²) in [5, 5.41) is 3.48. The summed E-state index contributed by atoms with van der Waals surface area (Å²) >= 11 is 0. The zero-order chi connectivity index (χ0) is 16.1. The van der Waals surface area contributed by atoms with Gasteiger partial charge in [0.1, 0.15) is 0 Å². The first-order valence-electron chi connectivity index (χ1n) is 8.85. The molecule has 4 heteroatoms.